The third-order valence-corrected chi connectivity index (χ3v) is 1.76. The Bertz CT molecular complexity index is 81.7. The van der Waals surface area contributed by atoms with Crippen LogP contribution < -0.4 is 5.32 Å². The van der Waals surface area contributed by atoms with E-state index >= 15 is 0 Å². The highest BCUT2D eigenvalue weighted by atomic mass is 16.5. The number of hydrogen-bond donors (Lipinski definition) is 2. The van der Waals surface area contributed by atoms with Crippen LogP contribution in [0.25, 0.3) is 0 Å². The van der Waals surface area contributed by atoms with E-state index in [0.717, 1.165) is 19.6 Å². The minimum Gasteiger partial charge on any atom is -0.381 e. The lowest BCUT2D eigenvalue weighted by molar-refractivity contribution is 0.0135. The zero-order chi connectivity index (χ0) is 7.23. The van der Waals surface area contributed by atoms with Crippen LogP contribution in [-0.4, -0.2) is 31.1 Å². The van der Waals surface area contributed by atoms with Gasteiger partial charge in [0, 0.05) is 13.2 Å². The van der Waals surface area contributed by atoms with Crippen LogP contribution >= 0.6 is 0 Å². The molecule has 10 heavy (non-hydrogen) atoms. The minimum atomic E-state index is 0.0554. The fourth-order valence-electron chi connectivity index (χ4n) is 1.19. The zero-order valence-corrected chi connectivity index (χ0v) is 6.18. The van der Waals surface area contributed by atoms with Gasteiger partial charge in [-0.3, -0.25) is 5.32 Å². The summed E-state index contributed by atoms with van der Waals surface area (Å²) in [4.78, 5) is 0. The summed E-state index contributed by atoms with van der Waals surface area (Å²) in [5.41, 5.74) is 0. The van der Waals surface area contributed by atoms with Gasteiger partial charge in [0.25, 0.3) is 0 Å². The molecular formula is C7H15NO2. The Hall–Kier alpha value is -0.120. The molecule has 1 saturated heterocycles. The van der Waals surface area contributed by atoms with E-state index in [1.807, 2.05) is 0 Å². The maximum atomic E-state index is 8.43. The first-order chi connectivity index (χ1) is 4.93. The summed E-state index contributed by atoms with van der Waals surface area (Å²) in [7, 11) is 0. The summed E-state index contributed by atoms with van der Waals surface area (Å²) in [6, 6.07) is 0. The number of ether oxygens (including phenoxy) is 1. The molecule has 0 radical (unpaired) electrons. The van der Waals surface area contributed by atoms with Crippen molar-refractivity contribution in [2.45, 2.75) is 25.4 Å². The number of hydrogen-bond acceptors (Lipinski definition) is 3. The fraction of sp³-hybridized carbons (Fsp3) is 1.00. The van der Waals surface area contributed by atoms with Crippen molar-refractivity contribution in [3.63, 3.8) is 0 Å². The second-order valence-electron chi connectivity index (χ2n) is 2.60. The average molecular weight is 145 g/mol. The molecule has 3 heteroatoms. The standard InChI is InChI=1S/C7H15NO2/c9-6-8-5-7-3-1-2-4-10-7/h7-9H,1-6H2. The van der Waals surface area contributed by atoms with Gasteiger partial charge in [-0.05, 0) is 19.3 Å². The topological polar surface area (TPSA) is 41.5 Å². The van der Waals surface area contributed by atoms with E-state index in [1.54, 1.807) is 0 Å². The number of aliphatic hydroxyl groups excluding tert-OH is 1. The average Bonchev–Trinajstić information content (AvgIpc) is 2.03. The van der Waals surface area contributed by atoms with Crippen molar-refractivity contribution in [3.05, 3.63) is 0 Å². The van der Waals surface area contributed by atoms with E-state index in [0.29, 0.717) is 6.10 Å². The van der Waals surface area contributed by atoms with E-state index in [9.17, 15) is 0 Å². The van der Waals surface area contributed by atoms with Crippen molar-refractivity contribution in [3.8, 4) is 0 Å². The first-order valence-corrected chi connectivity index (χ1v) is 3.86. The van der Waals surface area contributed by atoms with Crippen molar-refractivity contribution < 1.29 is 9.84 Å². The molecule has 1 unspecified atom stereocenters. The smallest absolute Gasteiger partial charge is 0.0932 e. The minimum absolute atomic E-state index is 0.0554. The molecule has 0 aromatic carbocycles. The van der Waals surface area contributed by atoms with Crippen LogP contribution in [0.2, 0.25) is 0 Å². The van der Waals surface area contributed by atoms with E-state index < -0.39 is 0 Å². The lowest BCUT2D eigenvalue weighted by Crippen LogP contribution is -2.32. The number of rotatable bonds is 3. The Morgan fingerprint density at radius 1 is 1.50 bits per heavy atom. The molecule has 0 spiro atoms. The molecule has 1 atom stereocenters. The highest BCUT2D eigenvalue weighted by molar-refractivity contribution is 4.64. The summed E-state index contributed by atoms with van der Waals surface area (Å²) in [6.07, 6.45) is 3.92. The molecule has 0 aliphatic carbocycles. The molecule has 1 rings (SSSR count). The van der Waals surface area contributed by atoms with Gasteiger partial charge in [-0.25, -0.2) is 0 Å². The van der Waals surface area contributed by atoms with Gasteiger partial charge in [-0.15, -0.1) is 0 Å². The summed E-state index contributed by atoms with van der Waals surface area (Å²) < 4.78 is 5.41. The van der Waals surface area contributed by atoms with E-state index in [1.165, 1.54) is 12.8 Å². The third kappa shape index (κ3) is 2.64. The summed E-state index contributed by atoms with van der Waals surface area (Å²) >= 11 is 0. The first kappa shape index (κ1) is 7.98. The maximum Gasteiger partial charge on any atom is 0.0932 e. The monoisotopic (exact) mass is 145 g/mol. The van der Waals surface area contributed by atoms with Crippen LogP contribution in [0.15, 0.2) is 0 Å². The van der Waals surface area contributed by atoms with Crippen LogP contribution in [0.3, 0.4) is 0 Å². The molecule has 60 valence electrons. The molecule has 0 bridgehead atoms. The van der Waals surface area contributed by atoms with Crippen molar-refractivity contribution in [1.82, 2.24) is 5.32 Å². The highest BCUT2D eigenvalue weighted by Crippen LogP contribution is 2.11. The second kappa shape index (κ2) is 4.66. The Morgan fingerprint density at radius 3 is 3.00 bits per heavy atom. The first-order valence-electron chi connectivity index (χ1n) is 3.86. The molecule has 1 aliphatic rings. The SMILES string of the molecule is OCNCC1CCCCO1. The van der Waals surface area contributed by atoms with Crippen LogP contribution in [-0.2, 0) is 4.74 Å². The summed E-state index contributed by atoms with van der Waals surface area (Å²) in [6.45, 7) is 1.73. The number of nitrogens with one attached hydrogen (secondary N) is 1. The lowest BCUT2D eigenvalue weighted by Gasteiger charge is -2.22. The van der Waals surface area contributed by atoms with Crippen LogP contribution in [0, 0.1) is 0 Å². The highest BCUT2D eigenvalue weighted by Gasteiger charge is 2.11. The van der Waals surface area contributed by atoms with Crippen molar-refractivity contribution in [1.29, 1.82) is 0 Å². The van der Waals surface area contributed by atoms with Gasteiger partial charge in [-0.2, -0.15) is 0 Å². The quantitative estimate of drug-likeness (QED) is 0.553. The van der Waals surface area contributed by atoms with Crippen molar-refractivity contribution >= 4 is 0 Å². The van der Waals surface area contributed by atoms with E-state index in [4.69, 9.17) is 9.84 Å². The molecular weight excluding hydrogens is 130 g/mol. The fourth-order valence-corrected chi connectivity index (χ4v) is 1.19. The zero-order valence-electron chi connectivity index (χ0n) is 6.18. The van der Waals surface area contributed by atoms with Crippen molar-refractivity contribution in [2.75, 3.05) is 19.9 Å². The van der Waals surface area contributed by atoms with Gasteiger partial charge in [-0.1, -0.05) is 0 Å². The Kier molecular flexibility index (Phi) is 3.72. The predicted octanol–water partition coefficient (Wildman–Crippen LogP) is 0.0949. The van der Waals surface area contributed by atoms with Crippen molar-refractivity contribution in [2.24, 2.45) is 0 Å². The number of aliphatic hydroxyl groups is 1. The third-order valence-electron chi connectivity index (χ3n) is 1.76. The van der Waals surface area contributed by atoms with Gasteiger partial charge in [0.05, 0.1) is 12.8 Å². The predicted molar refractivity (Wildman–Crippen MR) is 38.7 cm³/mol. The van der Waals surface area contributed by atoms with Crippen LogP contribution in [0.5, 0.6) is 0 Å². The van der Waals surface area contributed by atoms with Gasteiger partial charge in [0.1, 0.15) is 0 Å². The molecule has 1 fully saturated rings. The molecule has 0 saturated carbocycles. The van der Waals surface area contributed by atoms with Crippen LogP contribution in [0.4, 0.5) is 0 Å². The van der Waals surface area contributed by atoms with Gasteiger partial charge < -0.3 is 9.84 Å². The normalized spacial score (nSPS) is 26.7. The van der Waals surface area contributed by atoms with Crippen LogP contribution in [0.1, 0.15) is 19.3 Å². The van der Waals surface area contributed by atoms with E-state index in [-0.39, 0.29) is 6.73 Å². The summed E-state index contributed by atoms with van der Waals surface area (Å²) in [5, 5.41) is 11.3. The molecule has 2 N–H and O–H groups in total. The Balaban J connectivity index is 2.02. The molecule has 0 amide bonds. The molecule has 1 heterocycles. The van der Waals surface area contributed by atoms with E-state index in [2.05, 4.69) is 5.32 Å². The summed E-state index contributed by atoms with van der Waals surface area (Å²) in [5.74, 6) is 0. The Labute approximate surface area is 61.4 Å². The van der Waals surface area contributed by atoms with Gasteiger partial charge in [0.2, 0.25) is 0 Å². The lowest BCUT2D eigenvalue weighted by atomic mass is 10.1. The second-order valence-corrected chi connectivity index (χ2v) is 2.60. The molecule has 0 aromatic heterocycles. The van der Waals surface area contributed by atoms with Gasteiger partial charge >= 0.3 is 0 Å². The van der Waals surface area contributed by atoms with Gasteiger partial charge in [0.15, 0.2) is 0 Å². The molecule has 3 nitrogen and oxygen atoms in total. The molecule has 1 aliphatic heterocycles. The molecule has 0 aromatic rings. The maximum absolute atomic E-state index is 8.43. The Morgan fingerprint density at radius 2 is 2.40 bits per heavy atom. The largest absolute Gasteiger partial charge is 0.381 e.